The summed E-state index contributed by atoms with van der Waals surface area (Å²) in [5.74, 6) is 0. The van der Waals surface area contributed by atoms with Gasteiger partial charge in [-0.3, -0.25) is 0 Å². The van der Waals surface area contributed by atoms with Crippen molar-refractivity contribution in [3.05, 3.63) is 50.1 Å². The van der Waals surface area contributed by atoms with Crippen LogP contribution in [0.1, 0.15) is 34.9 Å². The molecule has 1 aromatic heterocycles. The Balaban J connectivity index is 1.75. The lowest BCUT2D eigenvalue weighted by molar-refractivity contribution is 0.299. The molecule has 1 aliphatic carbocycles. The summed E-state index contributed by atoms with van der Waals surface area (Å²) < 4.78 is 1.23. The second kappa shape index (κ2) is 6.29. The Morgan fingerprint density at radius 3 is 2.85 bits per heavy atom. The van der Waals surface area contributed by atoms with Gasteiger partial charge in [-0.15, -0.1) is 11.3 Å². The maximum Gasteiger partial charge on any atom is 0.0705 e. The number of aliphatic hydroxyl groups excluding tert-OH is 1. The first-order chi connectivity index (χ1) is 9.76. The molecule has 1 aliphatic rings. The normalized spacial score (nSPS) is 17.8. The summed E-state index contributed by atoms with van der Waals surface area (Å²) in [6, 6.07) is 11.1. The van der Waals surface area contributed by atoms with E-state index in [-0.39, 0.29) is 6.61 Å². The topological polar surface area (TPSA) is 32.3 Å². The minimum absolute atomic E-state index is 0.210. The zero-order valence-electron chi connectivity index (χ0n) is 11.2. The van der Waals surface area contributed by atoms with Crippen molar-refractivity contribution in [2.24, 2.45) is 0 Å². The molecule has 1 aromatic carbocycles. The summed E-state index contributed by atoms with van der Waals surface area (Å²) >= 11 is 5.46. The molecular formula is C16H18BrNOS. The quantitative estimate of drug-likeness (QED) is 0.847. The van der Waals surface area contributed by atoms with Crippen molar-refractivity contribution in [2.75, 3.05) is 11.9 Å². The number of hydrogen-bond donors (Lipinski definition) is 2. The largest absolute Gasteiger partial charge is 0.396 e. The number of hydrogen-bond acceptors (Lipinski definition) is 3. The van der Waals surface area contributed by atoms with Gasteiger partial charge in [0.05, 0.1) is 9.83 Å². The number of aliphatic hydroxyl groups is 1. The Labute approximate surface area is 132 Å². The zero-order valence-corrected chi connectivity index (χ0v) is 13.6. The molecule has 106 valence electrons. The third kappa shape index (κ3) is 3.08. The van der Waals surface area contributed by atoms with Crippen LogP contribution in [-0.4, -0.2) is 11.7 Å². The molecule has 2 aromatic rings. The Bertz CT molecular complexity index is 579. The molecule has 4 heteroatoms. The van der Waals surface area contributed by atoms with E-state index in [4.69, 9.17) is 5.11 Å². The molecule has 1 heterocycles. The van der Waals surface area contributed by atoms with E-state index in [1.165, 1.54) is 39.1 Å². The smallest absolute Gasteiger partial charge is 0.0705 e. The van der Waals surface area contributed by atoms with E-state index in [1.54, 1.807) is 0 Å². The van der Waals surface area contributed by atoms with Crippen LogP contribution in [0.3, 0.4) is 0 Å². The predicted molar refractivity (Wildman–Crippen MR) is 88.6 cm³/mol. The highest BCUT2D eigenvalue weighted by molar-refractivity contribution is 9.11. The van der Waals surface area contributed by atoms with E-state index in [2.05, 4.69) is 51.6 Å². The van der Waals surface area contributed by atoms with Crippen LogP contribution in [-0.2, 0) is 12.8 Å². The average molecular weight is 352 g/mol. The fourth-order valence-corrected chi connectivity index (χ4v) is 4.59. The van der Waals surface area contributed by atoms with Gasteiger partial charge in [-0.1, -0.05) is 12.1 Å². The van der Waals surface area contributed by atoms with Gasteiger partial charge in [-0.2, -0.15) is 0 Å². The number of fused-ring (bicyclic) bond motifs is 1. The summed E-state index contributed by atoms with van der Waals surface area (Å²) in [6.45, 7) is 0.210. The minimum atomic E-state index is 0.210. The van der Waals surface area contributed by atoms with Crippen LogP contribution in [0.25, 0.3) is 0 Å². The summed E-state index contributed by atoms with van der Waals surface area (Å²) in [7, 11) is 0. The summed E-state index contributed by atoms with van der Waals surface area (Å²) in [5.41, 5.74) is 3.79. The lowest BCUT2D eigenvalue weighted by Gasteiger charge is -2.24. The Morgan fingerprint density at radius 1 is 1.30 bits per heavy atom. The lowest BCUT2D eigenvalue weighted by Crippen LogP contribution is -2.15. The molecule has 0 bridgehead atoms. The summed E-state index contributed by atoms with van der Waals surface area (Å²) in [6.07, 6.45) is 4.37. The first-order valence-corrected chi connectivity index (χ1v) is 8.61. The van der Waals surface area contributed by atoms with Gasteiger partial charge < -0.3 is 10.4 Å². The molecule has 0 amide bonds. The first kappa shape index (κ1) is 14.1. The molecule has 1 unspecified atom stereocenters. The fraction of sp³-hybridized carbons (Fsp3) is 0.375. The molecule has 3 rings (SSSR count). The van der Waals surface area contributed by atoms with Crippen LogP contribution < -0.4 is 5.32 Å². The van der Waals surface area contributed by atoms with Gasteiger partial charge in [0.25, 0.3) is 0 Å². The van der Waals surface area contributed by atoms with Gasteiger partial charge in [0, 0.05) is 17.2 Å². The molecule has 0 spiro atoms. The number of anilines is 1. The Kier molecular flexibility index (Phi) is 4.44. The summed E-state index contributed by atoms with van der Waals surface area (Å²) in [4.78, 5) is 1.51. The second-order valence-electron chi connectivity index (χ2n) is 5.19. The van der Waals surface area contributed by atoms with Gasteiger partial charge in [-0.25, -0.2) is 0 Å². The maximum atomic E-state index is 8.94. The van der Waals surface area contributed by atoms with Crippen molar-refractivity contribution in [3.8, 4) is 0 Å². The number of benzene rings is 1. The molecule has 0 saturated carbocycles. The van der Waals surface area contributed by atoms with Gasteiger partial charge in [0.15, 0.2) is 0 Å². The summed E-state index contributed by atoms with van der Waals surface area (Å²) in [5, 5.41) is 12.6. The van der Waals surface area contributed by atoms with Crippen molar-refractivity contribution >= 4 is 33.0 Å². The molecule has 20 heavy (non-hydrogen) atoms. The van der Waals surface area contributed by atoms with Crippen molar-refractivity contribution in [1.29, 1.82) is 0 Å². The van der Waals surface area contributed by atoms with Crippen molar-refractivity contribution in [1.82, 2.24) is 0 Å². The van der Waals surface area contributed by atoms with Gasteiger partial charge >= 0.3 is 0 Å². The van der Waals surface area contributed by atoms with Crippen molar-refractivity contribution < 1.29 is 5.11 Å². The van der Waals surface area contributed by atoms with Gasteiger partial charge in [-0.05, 0) is 70.9 Å². The minimum Gasteiger partial charge on any atom is -0.396 e. The highest BCUT2D eigenvalue weighted by Gasteiger charge is 2.22. The second-order valence-corrected chi connectivity index (χ2v) is 7.70. The standard InChI is InChI=1S/C16H18BrNOS/c17-16-10-13-14(2-1-3-15(13)20-16)18-12-6-4-11(5-7-12)8-9-19/h4-7,10,14,18-19H,1-3,8-9H2. The molecular weight excluding hydrogens is 334 g/mol. The third-order valence-corrected chi connectivity index (χ3v) is 5.49. The van der Waals surface area contributed by atoms with Crippen molar-refractivity contribution in [2.45, 2.75) is 31.7 Å². The van der Waals surface area contributed by atoms with Crippen LogP contribution in [0.15, 0.2) is 34.1 Å². The average Bonchev–Trinajstić information content (AvgIpc) is 2.83. The molecule has 0 aliphatic heterocycles. The third-order valence-electron chi connectivity index (χ3n) is 3.78. The van der Waals surface area contributed by atoms with E-state index < -0.39 is 0 Å². The van der Waals surface area contributed by atoms with E-state index in [1.807, 2.05) is 11.3 Å². The highest BCUT2D eigenvalue weighted by Crippen LogP contribution is 2.39. The van der Waals surface area contributed by atoms with E-state index in [0.29, 0.717) is 6.04 Å². The van der Waals surface area contributed by atoms with Crippen LogP contribution in [0, 0.1) is 0 Å². The molecule has 0 saturated heterocycles. The van der Waals surface area contributed by atoms with E-state index >= 15 is 0 Å². The molecule has 0 radical (unpaired) electrons. The van der Waals surface area contributed by atoms with Crippen LogP contribution in [0.4, 0.5) is 5.69 Å². The number of halogens is 1. The molecule has 0 fully saturated rings. The number of aryl methyl sites for hydroxylation is 1. The monoisotopic (exact) mass is 351 g/mol. The zero-order chi connectivity index (χ0) is 13.9. The predicted octanol–water partition coefficient (Wildman–Crippen LogP) is 4.53. The first-order valence-electron chi connectivity index (χ1n) is 7.00. The highest BCUT2D eigenvalue weighted by atomic mass is 79.9. The maximum absolute atomic E-state index is 8.94. The Morgan fingerprint density at radius 2 is 2.10 bits per heavy atom. The van der Waals surface area contributed by atoms with Crippen LogP contribution >= 0.6 is 27.3 Å². The van der Waals surface area contributed by atoms with Crippen LogP contribution in [0.2, 0.25) is 0 Å². The number of rotatable bonds is 4. The van der Waals surface area contributed by atoms with Gasteiger partial charge in [0.2, 0.25) is 0 Å². The molecule has 2 N–H and O–H groups in total. The fourth-order valence-electron chi connectivity index (χ4n) is 2.77. The Hall–Kier alpha value is -0.840. The van der Waals surface area contributed by atoms with E-state index in [9.17, 15) is 0 Å². The lowest BCUT2D eigenvalue weighted by atomic mass is 9.94. The van der Waals surface area contributed by atoms with Crippen molar-refractivity contribution in [3.63, 3.8) is 0 Å². The van der Waals surface area contributed by atoms with E-state index in [0.717, 1.165) is 12.1 Å². The SMILES string of the molecule is OCCc1ccc(NC2CCCc3sc(Br)cc32)cc1. The van der Waals surface area contributed by atoms with Gasteiger partial charge in [0.1, 0.15) is 0 Å². The number of thiophene rings is 1. The van der Waals surface area contributed by atoms with Crippen LogP contribution in [0.5, 0.6) is 0 Å². The number of nitrogens with one attached hydrogen (secondary N) is 1. The molecule has 1 atom stereocenters. The molecule has 2 nitrogen and oxygen atoms in total.